The summed E-state index contributed by atoms with van der Waals surface area (Å²) in [6.45, 7) is 10.5. The van der Waals surface area contributed by atoms with Crippen LogP contribution in [0.5, 0.6) is 5.75 Å². The van der Waals surface area contributed by atoms with Crippen LogP contribution in [0.25, 0.3) is 16.6 Å². The monoisotopic (exact) mass is 503 g/mol. The molecule has 6 rings (SSSR count). The van der Waals surface area contributed by atoms with Crippen LogP contribution < -0.4 is 4.74 Å². The maximum atomic E-state index is 15.4. The predicted molar refractivity (Wildman–Crippen MR) is 141 cm³/mol. The van der Waals surface area contributed by atoms with Gasteiger partial charge >= 0.3 is 0 Å². The van der Waals surface area contributed by atoms with Crippen LogP contribution in [-0.2, 0) is 6.54 Å². The van der Waals surface area contributed by atoms with E-state index in [2.05, 4.69) is 39.8 Å². The summed E-state index contributed by atoms with van der Waals surface area (Å²) in [5.41, 5.74) is 3.32. The Kier molecular flexibility index (Phi) is 6.65. The van der Waals surface area contributed by atoms with Gasteiger partial charge in [0.25, 0.3) is 0 Å². The minimum absolute atomic E-state index is 0.377. The number of hydrogen-bond acceptors (Lipinski definition) is 6. The highest BCUT2D eigenvalue weighted by molar-refractivity contribution is 5.92. The third-order valence-corrected chi connectivity index (χ3v) is 7.51. The Morgan fingerprint density at radius 3 is 2.65 bits per heavy atom. The normalized spacial score (nSPS) is 17.2. The molecule has 1 aliphatic carbocycles. The van der Waals surface area contributed by atoms with E-state index in [0.29, 0.717) is 47.5 Å². The fourth-order valence-electron chi connectivity index (χ4n) is 5.21. The summed E-state index contributed by atoms with van der Waals surface area (Å²) in [5.74, 6) is 0.668. The molecule has 9 heteroatoms. The summed E-state index contributed by atoms with van der Waals surface area (Å²) < 4.78 is 25.2. The lowest BCUT2D eigenvalue weighted by atomic mass is 10.2. The Labute approximate surface area is 216 Å². The molecule has 0 atom stereocenters. The lowest BCUT2D eigenvalue weighted by molar-refractivity contribution is 0.0972. The molecular formula is C28H34FN7O. The molecule has 37 heavy (non-hydrogen) atoms. The number of halogens is 1. The van der Waals surface area contributed by atoms with E-state index in [1.54, 1.807) is 21.8 Å². The first kappa shape index (κ1) is 24.1. The van der Waals surface area contributed by atoms with Crippen LogP contribution in [0.3, 0.4) is 0 Å². The first-order valence-corrected chi connectivity index (χ1v) is 13.3. The van der Waals surface area contributed by atoms with Crippen LogP contribution in [-0.4, -0.2) is 79.5 Å². The van der Waals surface area contributed by atoms with E-state index in [1.165, 1.54) is 12.8 Å². The number of hydrogen-bond donors (Lipinski definition) is 0. The van der Waals surface area contributed by atoms with Gasteiger partial charge in [-0.2, -0.15) is 4.39 Å². The number of piperazine rings is 1. The summed E-state index contributed by atoms with van der Waals surface area (Å²) in [6, 6.07) is 10.5. The van der Waals surface area contributed by atoms with Gasteiger partial charge in [0.2, 0.25) is 5.95 Å². The zero-order valence-corrected chi connectivity index (χ0v) is 21.6. The molecule has 8 nitrogen and oxygen atoms in total. The van der Waals surface area contributed by atoms with Gasteiger partial charge in [0.05, 0.1) is 29.6 Å². The molecular weight excluding hydrogens is 469 g/mol. The molecule has 0 N–H and O–H groups in total. The number of rotatable bonds is 9. The zero-order valence-electron chi connectivity index (χ0n) is 21.6. The number of fused-ring (bicyclic) bond motifs is 1. The molecule has 1 saturated carbocycles. The van der Waals surface area contributed by atoms with Crippen molar-refractivity contribution in [1.29, 1.82) is 0 Å². The van der Waals surface area contributed by atoms with Crippen molar-refractivity contribution in [3.8, 4) is 11.4 Å². The predicted octanol–water partition coefficient (Wildman–Crippen LogP) is 4.09. The average Bonchev–Trinajstić information content (AvgIpc) is 3.52. The Hall–Kier alpha value is -3.30. The number of pyridine rings is 1. The largest absolute Gasteiger partial charge is 0.490 e. The third-order valence-electron chi connectivity index (χ3n) is 7.51. The van der Waals surface area contributed by atoms with Crippen LogP contribution in [0.1, 0.15) is 44.0 Å². The van der Waals surface area contributed by atoms with Crippen molar-refractivity contribution in [2.24, 2.45) is 0 Å². The van der Waals surface area contributed by atoms with E-state index >= 15 is 4.39 Å². The number of benzene rings is 1. The van der Waals surface area contributed by atoms with Crippen molar-refractivity contribution in [2.75, 3.05) is 39.3 Å². The first-order chi connectivity index (χ1) is 18.1. The molecule has 0 bridgehead atoms. The topological polar surface area (TPSA) is 64.2 Å². The molecule has 0 amide bonds. The van der Waals surface area contributed by atoms with Crippen LogP contribution in [0, 0.1) is 5.95 Å². The van der Waals surface area contributed by atoms with Gasteiger partial charge < -0.3 is 9.30 Å². The third kappa shape index (κ3) is 5.10. The molecule has 2 aliphatic rings. The van der Waals surface area contributed by atoms with Crippen molar-refractivity contribution in [1.82, 2.24) is 34.1 Å². The van der Waals surface area contributed by atoms with Crippen molar-refractivity contribution < 1.29 is 9.13 Å². The van der Waals surface area contributed by atoms with E-state index in [0.717, 1.165) is 44.1 Å². The maximum absolute atomic E-state index is 15.4. The molecule has 1 saturated heterocycles. The van der Waals surface area contributed by atoms with E-state index in [9.17, 15) is 0 Å². The standard InChI is InChI=1S/C28H34FN7O/c1-20(2)34-14-12-33(13-15-34)16-17-37-25-9-8-24(35-11-10-30-19-35)26-27(25)36(32-28(26)29)18-22-4-3-5-23(31-22)21-6-7-21/h3-5,8-11,19-21H,6-7,12-18H2,1-2H3. The lowest BCUT2D eigenvalue weighted by Gasteiger charge is -2.36. The van der Waals surface area contributed by atoms with E-state index in [-0.39, 0.29) is 0 Å². The van der Waals surface area contributed by atoms with Gasteiger partial charge in [-0.25, -0.2) is 4.98 Å². The van der Waals surface area contributed by atoms with Gasteiger partial charge in [-0.3, -0.25) is 19.5 Å². The number of ether oxygens (including phenoxy) is 1. The second-order valence-electron chi connectivity index (χ2n) is 10.4. The van der Waals surface area contributed by atoms with E-state index in [1.807, 2.05) is 30.5 Å². The molecule has 0 unspecified atom stereocenters. The van der Waals surface area contributed by atoms with Crippen LogP contribution in [0.15, 0.2) is 49.1 Å². The maximum Gasteiger partial charge on any atom is 0.242 e. The summed E-state index contributed by atoms with van der Waals surface area (Å²) in [4.78, 5) is 13.9. The summed E-state index contributed by atoms with van der Waals surface area (Å²) in [6.07, 6.45) is 7.54. The summed E-state index contributed by atoms with van der Waals surface area (Å²) in [7, 11) is 0. The molecule has 1 aromatic carbocycles. The second kappa shape index (κ2) is 10.2. The highest BCUT2D eigenvalue weighted by Gasteiger charge is 2.26. The molecule has 0 spiro atoms. The van der Waals surface area contributed by atoms with Gasteiger partial charge in [-0.05, 0) is 51.0 Å². The minimum atomic E-state index is -0.521. The van der Waals surface area contributed by atoms with Crippen LogP contribution >= 0.6 is 0 Å². The molecule has 2 fully saturated rings. The number of aromatic nitrogens is 5. The van der Waals surface area contributed by atoms with E-state index in [4.69, 9.17) is 9.72 Å². The Morgan fingerprint density at radius 1 is 1.08 bits per heavy atom. The second-order valence-corrected chi connectivity index (χ2v) is 10.4. The van der Waals surface area contributed by atoms with E-state index < -0.39 is 5.95 Å². The average molecular weight is 504 g/mol. The lowest BCUT2D eigenvalue weighted by Crippen LogP contribution is -2.49. The Bertz CT molecular complexity index is 1350. The molecule has 1 aliphatic heterocycles. The Morgan fingerprint density at radius 2 is 1.92 bits per heavy atom. The highest BCUT2D eigenvalue weighted by atomic mass is 19.1. The minimum Gasteiger partial charge on any atom is -0.490 e. The Balaban J connectivity index is 1.27. The van der Waals surface area contributed by atoms with Crippen molar-refractivity contribution in [2.45, 2.75) is 45.2 Å². The molecule has 3 aromatic heterocycles. The zero-order chi connectivity index (χ0) is 25.4. The molecule has 4 aromatic rings. The van der Waals surface area contributed by atoms with Gasteiger partial charge in [0, 0.05) is 62.8 Å². The molecule has 0 radical (unpaired) electrons. The quantitative estimate of drug-likeness (QED) is 0.343. The molecule has 194 valence electrons. The highest BCUT2D eigenvalue weighted by Crippen LogP contribution is 2.39. The van der Waals surface area contributed by atoms with Gasteiger partial charge in [-0.1, -0.05) is 6.07 Å². The van der Waals surface area contributed by atoms with Crippen molar-refractivity contribution in [3.05, 3.63) is 66.4 Å². The molecule has 4 heterocycles. The first-order valence-electron chi connectivity index (χ1n) is 13.3. The van der Waals surface area contributed by atoms with Crippen molar-refractivity contribution >= 4 is 10.9 Å². The summed E-state index contributed by atoms with van der Waals surface area (Å²) >= 11 is 0. The smallest absolute Gasteiger partial charge is 0.242 e. The van der Waals surface area contributed by atoms with Crippen molar-refractivity contribution in [3.63, 3.8) is 0 Å². The fraction of sp³-hybridized carbons (Fsp3) is 0.464. The van der Waals surface area contributed by atoms with Crippen LogP contribution in [0.4, 0.5) is 4.39 Å². The fourth-order valence-corrected chi connectivity index (χ4v) is 5.21. The number of imidazole rings is 1. The van der Waals surface area contributed by atoms with Gasteiger partial charge in [0.15, 0.2) is 0 Å². The SMILES string of the molecule is CC(C)N1CCN(CCOc2ccc(-n3ccnc3)c3c(F)nn(Cc4cccc(C5CC5)n4)c23)CC1. The van der Waals surface area contributed by atoms with Gasteiger partial charge in [-0.15, -0.1) is 5.10 Å². The summed E-state index contributed by atoms with van der Waals surface area (Å²) in [5, 5.41) is 4.74. The van der Waals surface area contributed by atoms with Gasteiger partial charge in [0.1, 0.15) is 17.9 Å². The van der Waals surface area contributed by atoms with Crippen LogP contribution in [0.2, 0.25) is 0 Å². The number of nitrogens with zero attached hydrogens (tertiary/aromatic N) is 7.